The third-order valence-electron chi connectivity index (χ3n) is 7.26. The van der Waals surface area contributed by atoms with Crippen LogP contribution in [-0.4, -0.2) is 36.3 Å². The van der Waals surface area contributed by atoms with Crippen molar-refractivity contribution in [3.8, 4) is 0 Å². The summed E-state index contributed by atoms with van der Waals surface area (Å²) in [6.07, 6.45) is 10.3. The molecule has 2 amide bonds. The molecule has 4 rings (SSSR count). The van der Waals surface area contributed by atoms with Crippen LogP contribution in [0.3, 0.4) is 0 Å². The fourth-order valence-corrected chi connectivity index (χ4v) is 5.20. The highest BCUT2D eigenvalue weighted by Gasteiger charge is 2.35. The lowest BCUT2D eigenvalue weighted by Crippen LogP contribution is -2.47. The van der Waals surface area contributed by atoms with Gasteiger partial charge in [-0.25, -0.2) is 4.39 Å². The Kier molecular flexibility index (Phi) is 7.58. The lowest BCUT2D eigenvalue weighted by molar-refractivity contribution is -0.132. The molecule has 0 spiro atoms. The first-order valence-corrected chi connectivity index (χ1v) is 12.1. The molecule has 0 aromatic heterocycles. The van der Waals surface area contributed by atoms with Gasteiger partial charge in [-0.15, -0.1) is 0 Å². The van der Waals surface area contributed by atoms with E-state index in [9.17, 15) is 14.0 Å². The highest BCUT2D eigenvalue weighted by atomic mass is 19.1. The second-order valence-corrected chi connectivity index (χ2v) is 9.41. The van der Waals surface area contributed by atoms with E-state index in [4.69, 9.17) is 0 Å². The molecule has 1 N–H and O–H groups in total. The molecule has 5 heteroatoms. The van der Waals surface area contributed by atoms with Crippen LogP contribution in [0.4, 0.5) is 4.39 Å². The Morgan fingerprint density at radius 3 is 2.30 bits per heavy atom. The van der Waals surface area contributed by atoms with Crippen LogP contribution in [0.15, 0.2) is 60.7 Å². The minimum absolute atomic E-state index is 0.00446. The van der Waals surface area contributed by atoms with Gasteiger partial charge in [0.15, 0.2) is 0 Å². The molecule has 4 nitrogen and oxygen atoms in total. The van der Waals surface area contributed by atoms with Crippen molar-refractivity contribution in [2.45, 2.75) is 50.4 Å². The number of hydrogen-bond acceptors (Lipinski definition) is 2. The molecule has 1 heterocycles. The summed E-state index contributed by atoms with van der Waals surface area (Å²) in [7, 11) is 0. The molecule has 0 radical (unpaired) electrons. The number of carbonyl (C=O) groups excluding carboxylic acids is 2. The van der Waals surface area contributed by atoms with Gasteiger partial charge in [-0.3, -0.25) is 9.59 Å². The molecule has 1 aliphatic heterocycles. The van der Waals surface area contributed by atoms with E-state index in [1.165, 1.54) is 18.6 Å². The molecule has 1 aliphatic carbocycles. The van der Waals surface area contributed by atoms with Crippen molar-refractivity contribution in [1.82, 2.24) is 10.2 Å². The minimum atomic E-state index is -0.228. The van der Waals surface area contributed by atoms with Gasteiger partial charge in [0, 0.05) is 37.0 Å². The Morgan fingerprint density at radius 1 is 0.970 bits per heavy atom. The van der Waals surface area contributed by atoms with E-state index in [1.807, 2.05) is 53.4 Å². The molecule has 2 aliphatic rings. The summed E-state index contributed by atoms with van der Waals surface area (Å²) < 4.78 is 13.5. The van der Waals surface area contributed by atoms with Crippen molar-refractivity contribution in [2.24, 2.45) is 5.92 Å². The first-order valence-electron chi connectivity index (χ1n) is 12.1. The van der Waals surface area contributed by atoms with Gasteiger partial charge >= 0.3 is 0 Å². The van der Waals surface area contributed by atoms with Crippen molar-refractivity contribution in [3.63, 3.8) is 0 Å². The number of carbonyl (C=O) groups is 2. The molecular formula is C28H33FN2O2. The highest BCUT2D eigenvalue weighted by Crippen LogP contribution is 2.39. The number of likely N-dealkylation sites (tertiary alicyclic amines) is 1. The van der Waals surface area contributed by atoms with Gasteiger partial charge < -0.3 is 10.2 Å². The normalized spacial score (nSPS) is 18.9. The molecule has 2 fully saturated rings. The van der Waals surface area contributed by atoms with Crippen molar-refractivity contribution in [2.75, 3.05) is 19.6 Å². The van der Waals surface area contributed by atoms with Crippen LogP contribution in [0.2, 0.25) is 0 Å². The number of halogens is 1. The average molecular weight is 449 g/mol. The maximum absolute atomic E-state index is 13.5. The molecular weight excluding hydrogens is 415 g/mol. The molecule has 0 atom stereocenters. The predicted octanol–water partition coefficient (Wildman–Crippen LogP) is 5.10. The zero-order valence-corrected chi connectivity index (χ0v) is 19.1. The van der Waals surface area contributed by atoms with E-state index in [0.29, 0.717) is 32.5 Å². The van der Waals surface area contributed by atoms with Crippen molar-refractivity contribution in [1.29, 1.82) is 0 Å². The van der Waals surface area contributed by atoms with Crippen LogP contribution < -0.4 is 5.32 Å². The Hall–Kier alpha value is -2.95. The van der Waals surface area contributed by atoms with E-state index in [0.717, 1.165) is 36.8 Å². The standard InChI is InChI=1S/C28H33FN2O2/c29-25-12-10-24(11-13-25)28(17-5-2-6-18-28)21-30-27(33)23-15-19-31(20-16-23)26(32)14-9-22-7-3-1-4-8-22/h1,3-4,7-14,23H,2,5-6,15-21H2,(H,30,33). The molecule has 2 aromatic carbocycles. The van der Waals surface area contributed by atoms with Gasteiger partial charge in [0.2, 0.25) is 11.8 Å². The molecule has 0 bridgehead atoms. The average Bonchev–Trinajstić information content (AvgIpc) is 2.87. The van der Waals surface area contributed by atoms with Crippen LogP contribution in [0.25, 0.3) is 6.08 Å². The van der Waals surface area contributed by atoms with Gasteiger partial charge in [0.05, 0.1) is 0 Å². The lowest BCUT2D eigenvalue weighted by Gasteiger charge is -2.39. The van der Waals surface area contributed by atoms with Crippen molar-refractivity contribution >= 4 is 17.9 Å². The maximum Gasteiger partial charge on any atom is 0.246 e. The summed E-state index contributed by atoms with van der Waals surface area (Å²) in [6, 6.07) is 16.6. The molecule has 174 valence electrons. The van der Waals surface area contributed by atoms with E-state index in [-0.39, 0.29) is 29.0 Å². The van der Waals surface area contributed by atoms with E-state index in [2.05, 4.69) is 5.32 Å². The van der Waals surface area contributed by atoms with Crippen LogP contribution in [0.1, 0.15) is 56.1 Å². The highest BCUT2D eigenvalue weighted by molar-refractivity contribution is 5.92. The number of piperidine rings is 1. The number of rotatable bonds is 6. The summed E-state index contributed by atoms with van der Waals surface area (Å²) in [5, 5.41) is 3.22. The Labute approximate surface area is 195 Å². The Morgan fingerprint density at radius 2 is 1.64 bits per heavy atom. The third-order valence-corrected chi connectivity index (χ3v) is 7.26. The topological polar surface area (TPSA) is 49.4 Å². The van der Waals surface area contributed by atoms with Gasteiger partial charge in [0.1, 0.15) is 5.82 Å². The number of nitrogens with one attached hydrogen (secondary N) is 1. The molecule has 0 unspecified atom stereocenters. The smallest absolute Gasteiger partial charge is 0.246 e. The van der Waals surface area contributed by atoms with Crippen molar-refractivity contribution in [3.05, 3.63) is 77.6 Å². The minimum Gasteiger partial charge on any atom is -0.355 e. The van der Waals surface area contributed by atoms with E-state index in [1.54, 1.807) is 6.08 Å². The number of nitrogens with zero attached hydrogens (tertiary/aromatic N) is 1. The van der Waals surface area contributed by atoms with E-state index < -0.39 is 0 Å². The number of amides is 2. The largest absolute Gasteiger partial charge is 0.355 e. The van der Waals surface area contributed by atoms with Gasteiger partial charge in [-0.1, -0.05) is 61.7 Å². The summed E-state index contributed by atoms with van der Waals surface area (Å²) in [4.78, 5) is 27.3. The molecule has 1 saturated heterocycles. The summed E-state index contributed by atoms with van der Waals surface area (Å²) in [6.45, 7) is 1.79. The van der Waals surface area contributed by atoms with E-state index >= 15 is 0 Å². The fraction of sp³-hybridized carbons (Fsp3) is 0.429. The Bertz CT molecular complexity index is 957. The lowest BCUT2D eigenvalue weighted by atomic mass is 9.69. The van der Waals surface area contributed by atoms with Gasteiger partial charge in [-0.2, -0.15) is 0 Å². The van der Waals surface area contributed by atoms with Crippen LogP contribution in [0.5, 0.6) is 0 Å². The summed E-state index contributed by atoms with van der Waals surface area (Å²) in [5.41, 5.74) is 2.01. The maximum atomic E-state index is 13.5. The Balaban J connectivity index is 1.30. The number of benzene rings is 2. The number of hydrogen-bond donors (Lipinski definition) is 1. The molecule has 33 heavy (non-hydrogen) atoms. The second kappa shape index (κ2) is 10.8. The SMILES string of the molecule is O=C(NCC1(c2ccc(F)cc2)CCCCC1)C1CCN(C(=O)C=Cc2ccccc2)CC1. The quantitative estimate of drug-likeness (QED) is 0.626. The molecule has 1 saturated carbocycles. The zero-order valence-electron chi connectivity index (χ0n) is 19.1. The predicted molar refractivity (Wildman–Crippen MR) is 129 cm³/mol. The first-order chi connectivity index (χ1) is 16.1. The third kappa shape index (κ3) is 5.89. The second-order valence-electron chi connectivity index (χ2n) is 9.41. The monoisotopic (exact) mass is 448 g/mol. The molecule has 2 aromatic rings. The van der Waals surface area contributed by atoms with Crippen LogP contribution >= 0.6 is 0 Å². The first kappa shape index (κ1) is 23.2. The fourth-order valence-electron chi connectivity index (χ4n) is 5.20. The van der Waals surface area contributed by atoms with Gasteiger partial charge in [-0.05, 0) is 55.0 Å². The van der Waals surface area contributed by atoms with Crippen molar-refractivity contribution < 1.29 is 14.0 Å². The summed E-state index contributed by atoms with van der Waals surface area (Å²) >= 11 is 0. The van der Waals surface area contributed by atoms with Gasteiger partial charge in [0.25, 0.3) is 0 Å². The van der Waals surface area contributed by atoms with Crippen LogP contribution in [-0.2, 0) is 15.0 Å². The van der Waals surface area contributed by atoms with Crippen LogP contribution in [0, 0.1) is 11.7 Å². The zero-order chi connectivity index (χ0) is 23.1. The summed E-state index contributed by atoms with van der Waals surface area (Å²) in [5.74, 6) is -0.223.